The van der Waals surface area contributed by atoms with Crippen molar-refractivity contribution in [1.82, 2.24) is 5.32 Å². The van der Waals surface area contributed by atoms with Gasteiger partial charge in [0, 0.05) is 11.5 Å². The number of rotatable bonds is 5. The van der Waals surface area contributed by atoms with Crippen molar-refractivity contribution in [3.05, 3.63) is 35.4 Å². The molecule has 2 nitrogen and oxygen atoms in total. The van der Waals surface area contributed by atoms with Crippen LogP contribution >= 0.6 is 0 Å². The van der Waals surface area contributed by atoms with Crippen LogP contribution in [0.3, 0.4) is 0 Å². The van der Waals surface area contributed by atoms with E-state index >= 15 is 0 Å². The van der Waals surface area contributed by atoms with E-state index in [1.54, 1.807) is 6.07 Å². The van der Waals surface area contributed by atoms with Gasteiger partial charge in [-0.15, -0.1) is 0 Å². The fraction of sp³-hybridized carbons (Fsp3) is 0.588. The van der Waals surface area contributed by atoms with Crippen LogP contribution in [-0.2, 0) is 11.0 Å². The molecule has 1 aliphatic carbocycles. The highest BCUT2D eigenvalue weighted by atomic mass is 19.4. The van der Waals surface area contributed by atoms with Crippen LogP contribution in [0.4, 0.5) is 13.2 Å². The standard InChI is InChI=1S/C17H22F3NO/c1-4-9-16(2,3)21-15(22)13-10-12(13)11-7-5-6-8-14(11)17(18,19)20/h5-8,12-13H,4,9-10H2,1-3H3,(H,21,22)/t12-,13+/m1/s1. The number of amides is 1. The molecule has 22 heavy (non-hydrogen) atoms. The van der Waals surface area contributed by atoms with Crippen molar-refractivity contribution >= 4 is 5.91 Å². The van der Waals surface area contributed by atoms with Gasteiger partial charge in [0.15, 0.2) is 0 Å². The van der Waals surface area contributed by atoms with Gasteiger partial charge in [-0.25, -0.2) is 0 Å². The van der Waals surface area contributed by atoms with Gasteiger partial charge in [0.2, 0.25) is 5.91 Å². The summed E-state index contributed by atoms with van der Waals surface area (Å²) in [7, 11) is 0. The largest absolute Gasteiger partial charge is 0.416 e. The lowest BCUT2D eigenvalue weighted by Gasteiger charge is -2.26. The van der Waals surface area contributed by atoms with E-state index in [1.165, 1.54) is 12.1 Å². The molecule has 0 radical (unpaired) electrons. The van der Waals surface area contributed by atoms with Crippen LogP contribution in [0.2, 0.25) is 0 Å². The average Bonchev–Trinajstić information content (AvgIpc) is 3.17. The molecule has 0 saturated heterocycles. The van der Waals surface area contributed by atoms with Crippen LogP contribution in [-0.4, -0.2) is 11.4 Å². The minimum atomic E-state index is -4.37. The second-order valence-electron chi connectivity index (χ2n) is 6.66. The SMILES string of the molecule is CCCC(C)(C)NC(=O)[C@H]1C[C@@H]1c1ccccc1C(F)(F)F. The topological polar surface area (TPSA) is 29.1 Å². The van der Waals surface area contributed by atoms with Crippen LogP contribution in [0.1, 0.15) is 57.1 Å². The second kappa shape index (κ2) is 5.94. The summed E-state index contributed by atoms with van der Waals surface area (Å²) in [6, 6.07) is 5.55. The molecule has 0 unspecified atom stereocenters. The molecule has 0 aliphatic heterocycles. The van der Waals surface area contributed by atoms with Crippen molar-refractivity contribution in [2.45, 2.75) is 57.7 Å². The van der Waals surface area contributed by atoms with E-state index in [4.69, 9.17) is 0 Å². The van der Waals surface area contributed by atoms with Crippen LogP contribution in [0, 0.1) is 5.92 Å². The number of carbonyl (C=O) groups excluding carboxylic acids is 1. The second-order valence-corrected chi connectivity index (χ2v) is 6.66. The Kier molecular flexibility index (Phi) is 4.54. The predicted octanol–water partition coefficient (Wildman–Crippen LogP) is 4.50. The third-order valence-electron chi connectivity index (χ3n) is 4.13. The number of benzene rings is 1. The van der Waals surface area contributed by atoms with E-state index in [0.717, 1.165) is 18.9 Å². The van der Waals surface area contributed by atoms with Gasteiger partial charge in [-0.05, 0) is 44.2 Å². The minimum absolute atomic E-state index is 0.138. The molecule has 2 atom stereocenters. The Labute approximate surface area is 129 Å². The van der Waals surface area contributed by atoms with E-state index < -0.39 is 11.7 Å². The van der Waals surface area contributed by atoms with Gasteiger partial charge in [-0.3, -0.25) is 4.79 Å². The molecule has 1 N–H and O–H groups in total. The molecule has 122 valence electrons. The van der Waals surface area contributed by atoms with Crippen molar-refractivity contribution < 1.29 is 18.0 Å². The molecule has 1 aliphatic rings. The molecule has 0 aromatic heterocycles. The van der Waals surface area contributed by atoms with Gasteiger partial charge < -0.3 is 5.32 Å². The first kappa shape index (κ1) is 16.8. The third kappa shape index (κ3) is 3.81. The smallest absolute Gasteiger partial charge is 0.351 e. The Morgan fingerprint density at radius 1 is 1.27 bits per heavy atom. The molecular formula is C17H22F3NO. The lowest BCUT2D eigenvalue weighted by atomic mass is 9.98. The summed E-state index contributed by atoms with van der Waals surface area (Å²) in [5, 5.41) is 2.96. The zero-order valence-corrected chi connectivity index (χ0v) is 13.1. The van der Waals surface area contributed by atoms with Crippen molar-refractivity contribution in [1.29, 1.82) is 0 Å². The van der Waals surface area contributed by atoms with Gasteiger partial charge in [-0.1, -0.05) is 31.5 Å². The maximum Gasteiger partial charge on any atom is 0.416 e. The average molecular weight is 313 g/mol. The van der Waals surface area contributed by atoms with Gasteiger partial charge in [-0.2, -0.15) is 13.2 Å². The van der Waals surface area contributed by atoms with Gasteiger partial charge in [0.05, 0.1) is 5.56 Å². The molecule has 2 rings (SSSR count). The van der Waals surface area contributed by atoms with Crippen LogP contribution in [0.15, 0.2) is 24.3 Å². The Hall–Kier alpha value is -1.52. The Morgan fingerprint density at radius 3 is 2.50 bits per heavy atom. The normalized spacial score (nSPS) is 21.5. The molecule has 1 aromatic rings. The lowest BCUT2D eigenvalue weighted by molar-refractivity contribution is -0.138. The van der Waals surface area contributed by atoms with Crippen molar-refractivity contribution in [3.8, 4) is 0 Å². The summed E-state index contributed by atoms with van der Waals surface area (Å²) >= 11 is 0. The van der Waals surface area contributed by atoms with E-state index in [2.05, 4.69) is 5.32 Å². The zero-order valence-electron chi connectivity index (χ0n) is 13.1. The number of nitrogens with one attached hydrogen (secondary N) is 1. The van der Waals surface area contributed by atoms with Gasteiger partial charge >= 0.3 is 6.18 Å². The first-order valence-corrected chi connectivity index (χ1v) is 7.64. The lowest BCUT2D eigenvalue weighted by Crippen LogP contribution is -2.44. The van der Waals surface area contributed by atoms with Crippen molar-refractivity contribution in [2.75, 3.05) is 0 Å². The molecule has 1 saturated carbocycles. The van der Waals surface area contributed by atoms with Crippen molar-refractivity contribution in [2.24, 2.45) is 5.92 Å². The Bertz CT molecular complexity index is 551. The van der Waals surface area contributed by atoms with E-state index in [1.807, 2.05) is 20.8 Å². The first-order chi connectivity index (χ1) is 10.2. The van der Waals surface area contributed by atoms with Crippen LogP contribution in [0.25, 0.3) is 0 Å². The Balaban J connectivity index is 2.09. The fourth-order valence-electron chi connectivity index (χ4n) is 3.02. The van der Waals surface area contributed by atoms with Gasteiger partial charge in [0.25, 0.3) is 0 Å². The highest BCUT2D eigenvalue weighted by molar-refractivity contribution is 5.83. The summed E-state index contributed by atoms with van der Waals surface area (Å²) in [6.45, 7) is 5.91. The molecule has 1 amide bonds. The molecular weight excluding hydrogens is 291 g/mol. The number of alkyl halides is 3. The third-order valence-corrected chi connectivity index (χ3v) is 4.13. The van der Waals surface area contributed by atoms with Crippen LogP contribution in [0.5, 0.6) is 0 Å². The molecule has 1 fully saturated rings. The first-order valence-electron chi connectivity index (χ1n) is 7.64. The Morgan fingerprint density at radius 2 is 1.91 bits per heavy atom. The molecule has 0 spiro atoms. The number of halogens is 3. The highest BCUT2D eigenvalue weighted by Crippen LogP contribution is 2.51. The predicted molar refractivity (Wildman–Crippen MR) is 79.4 cm³/mol. The zero-order chi connectivity index (χ0) is 16.5. The van der Waals surface area contributed by atoms with E-state index in [-0.39, 0.29) is 28.8 Å². The maximum absolute atomic E-state index is 13.0. The molecule has 1 aromatic carbocycles. The number of hydrogen-bond acceptors (Lipinski definition) is 1. The highest BCUT2D eigenvalue weighted by Gasteiger charge is 2.48. The molecule has 0 bridgehead atoms. The summed E-state index contributed by atoms with van der Waals surface area (Å²) in [4.78, 5) is 12.2. The summed E-state index contributed by atoms with van der Waals surface area (Å²) in [5.74, 6) is -0.810. The monoisotopic (exact) mass is 313 g/mol. The fourth-order valence-corrected chi connectivity index (χ4v) is 3.02. The molecule has 0 heterocycles. The summed E-state index contributed by atoms with van der Waals surface area (Å²) in [5.41, 5.74) is -0.700. The van der Waals surface area contributed by atoms with Crippen LogP contribution < -0.4 is 5.32 Å². The molecule has 5 heteroatoms. The summed E-state index contributed by atoms with van der Waals surface area (Å²) in [6.07, 6.45) is -2.10. The number of carbonyl (C=O) groups is 1. The maximum atomic E-state index is 13.0. The van der Waals surface area contributed by atoms with E-state index in [9.17, 15) is 18.0 Å². The van der Waals surface area contributed by atoms with Crippen molar-refractivity contribution in [3.63, 3.8) is 0 Å². The number of hydrogen-bond donors (Lipinski definition) is 1. The minimum Gasteiger partial charge on any atom is -0.351 e. The van der Waals surface area contributed by atoms with E-state index in [0.29, 0.717) is 6.42 Å². The summed E-state index contributed by atoms with van der Waals surface area (Å²) < 4.78 is 39.1. The van der Waals surface area contributed by atoms with Gasteiger partial charge in [0.1, 0.15) is 0 Å². The quantitative estimate of drug-likeness (QED) is 0.852.